The monoisotopic (exact) mass is 403 g/mol. The molecule has 158 valence electrons. The quantitative estimate of drug-likeness (QED) is 0.438. The molecule has 0 aromatic heterocycles. The van der Waals surface area contributed by atoms with Gasteiger partial charge in [0.25, 0.3) is 0 Å². The molecule has 2 aromatic carbocycles. The Hall–Kier alpha value is -3.29. The van der Waals surface area contributed by atoms with Gasteiger partial charge in [-0.25, -0.2) is 4.99 Å². The van der Waals surface area contributed by atoms with E-state index in [0.29, 0.717) is 54.2 Å². The van der Waals surface area contributed by atoms with Crippen molar-refractivity contribution in [3.8, 4) is 28.7 Å². The molecule has 0 fully saturated rings. The van der Waals surface area contributed by atoms with E-state index in [1.165, 1.54) is 0 Å². The number of nitrogens with zero attached hydrogens (tertiary/aromatic N) is 1. The van der Waals surface area contributed by atoms with E-state index < -0.39 is 0 Å². The van der Waals surface area contributed by atoms with Crippen molar-refractivity contribution >= 4 is 5.96 Å². The molecule has 0 unspecified atom stereocenters. The van der Waals surface area contributed by atoms with E-state index in [1.54, 1.807) is 46.6 Å². The third-order valence-electron chi connectivity index (χ3n) is 4.22. The minimum Gasteiger partial charge on any atom is -0.508 e. The van der Waals surface area contributed by atoms with Gasteiger partial charge in [-0.1, -0.05) is 0 Å². The Morgan fingerprint density at radius 3 is 2.17 bits per heavy atom. The average molecular weight is 403 g/mol. The number of ether oxygens (including phenoxy) is 4. The van der Waals surface area contributed by atoms with E-state index in [0.717, 1.165) is 5.56 Å². The Bertz CT molecular complexity index is 814. The summed E-state index contributed by atoms with van der Waals surface area (Å²) < 4.78 is 21.3. The molecule has 2 aromatic rings. The number of aromatic hydroxyl groups is 1. The van der Waals surface area contributed by atoms with Crippen molar-refractivity contribution in [1.82, 2.24) is 10.6 Å². The first-order valence-electron chi connectivity index (χ1n) is 9.23. The maximum atomic E-state index is 10.1. The third-order valence-corrected chi connectivity index (χ3v) is 4.22. The van der Waals surface area contributed by atoms with Crippen LogP contribution in [0.4, 0.5) is 0 Å². The average Bonchev–Trinajstić information content (AvgIpc) is 2.75. The van der Waals surface area contributed by atoms with Gasteiger partial charge in [0.1, 0.15) is 11.5 Å². The molecule has 0 atom stereocenters. The third kappa shape index (κ3) is 5.84. The number of methoxy groups -OCH3 is 4. The van der Waals surface area contributed by atoms with Crippen LogP contribution in [0, 0.1) is 0 Å². The first-order valence-corrected chi connectivity index (χ1v) is 9.23. The Kier molecular flexibility index (Phi) is 8.27. The molecule has 0 amide bonds. The van der Waals surface area contributed by atoms with Crippen LogP contribution in [0.15, 0.2) is 35.3 Å². The van der Waals surface area contributed by atoms with Crippen LogP contribution in [0.3, 0.4) is 0 Å². The summed E-state index contributed by atoms with van der Waals surface area (Å²) in [7, 11) is 6.32. The molecule has 2 rings (SSSR count). The fourth-order valence-electron chi connectivity index (χ4n) is 2.75. The highest BCUT2D eigenvalue weighted by molar-refractivity contribution is 5.79. The molecule has 8 nitrogen and oxygen atoms in total. The molecule has 0 heterocycles. The summed E-state index contributed by atoms with van der Waals surface area (Å²) in [4.78, 5) is 4.61. The van der Waals surface area contributed by atoms with Gasteiger partial charge in [-0.15, -0.1) is 0 Å². The zero-order chi connectivity index (χ0) is 21.2. The fraction of sp³-hybridized carbons (Fsp3) is 0.381. The van der Waals surface area contributed by atoms with Crippen LogP contribution in [0.1, 0.15) is 18.1 Å². The number of hydrogen-bond donors (Lipinski definition) is 3. The molecule has 0 saturated carbocycles. The minimum absolute atomic E-state index is 0.193. The van der Waals surface area contributed by atoms with Crippen molar-refractivity contribution in [2.75, 3.05) is 35.0 Å². The summed E-state index contributed by atoms with van der Waals surface area (Å²) in [5.41, 5.74) is 1.61. The van der Waals surface area contributed by atoms with Gasteiger partial charge in [0, 0.05) is 18.7 Å². The lowest BCUT2D eigenvalue weighted by atomic mass is 10.2. The maximum absolute atomic E-state index is 10.1. The first-order chi connectivity index (χ1) is 14.1. The lowest BCUT2D eigenvalue weighted by Crippen LogP contribution is -2.36. The van der Waals surface area contributed by atoms with Crippen LogP contribution in [0.2, 0.25) is 0 Å². The normalized spacial score (nSPS) is 11.0. The summed E-state index contributed by atoms with van der Waals surface area (Å²) in [5.74, 6) is 3.19. The van der Waals surface area contributed by atoms with Gasteiger partial charge in [-0.3, -0.25) is 0 Å². The summed E-state index contributed by atoms with van der Waals surface area (Å²) in [6.07, 6.45) is 0. The Morgan fingerprint density at radius 1 is 0.931 bits per heavy atom. The van der Waals surface area contributed by atoms with Crippen LogP contribution in [0.25, 0.3) is 0 Å². The first kappa shape index (κ1) is 22.0. The Balaban J connectivity index is 2.17. The van der Waals surface area contributed by atoms with Crippen LogP contribution < -0.4 is 29.6 Å². The van der Waals surface area contributed by atoms with Gasteiger partial charge in [0.2, 0.25) is 5.75 Å². The smallest absolute Gasteiger partial charge is 0.203 e. The second kappa shape index (κ2) is 10.9. The lowest BCUT2D eigenvalue weighted by molar-refractivity contribution is 0.324. The second-order valence-corrected chi connectivity index (χ2v) is 6.08. The van der Waals surface area contributed by atoms with Crippen molar-refractivity contribution in [2.24, 2.45) is 4.99 Å². The molecule has 8 heteroatoms. The molecule has 0 radical (unpaired) electrons. The number of hydrogen-bond acceptors (Lipinski definition) is 6. The van der Waals surface area contributed by atoms with E-state index in [9.17, 15) is 5.11 Å². The molecule has 0 aliphatic rings. The van der Waals surface area contributed by atoms with Crippen molar-refractivity contribution < 1.29 is 24.1 Å². The van der Waals surface area contributed by atoms with E-state index >= 15 is 0 Å². The molecule has 0 bridgehead atoms. The maximum Gasteiger partial charge on any atom is 0.203 e. The molecular formula is C21H29N3O5. The van der Waals surface area contributed by atoms with Crippen LogP contribution >= 0.6 is 0 Å². The van der Waals surface area contributed by atoms with Crippen molar-refractivity contribution in [2.45, 2.75) is 20.0 Å². The van der Waals surface area contributed by atoms with E-state index in [4.69, 9.17) is 18.9 Å². The SMILES string of the molecule is CCNC(=NCc1cc(OC)c(OC)c(OC)c1)NCc1cc(OC)ccc1O. The highest BCUT2D eigenvalue weighted by atomic mass is 16.5. The zero-order valence-electron chi connectivity index (χ0n) is 17.5. The molecule has 3 N–H and O–H groups in total. The van der Waals surface area contributed by atoms with Crippen molar-refractivity contribution in [3.05, 3.63) is 41.5 Å². The number of phenols is 1. The van der Waals surface area contributed by atoms with Gasteiger partial charge in [-0.2, -0.15) is 0 Å². The zero-order valence-corrected chi connectivity index (χ0v) is 17.5. The highest BCUT2D eigenvalue weighted by Gasteiger charge is 2.13. The molecule has 0 aliphatic carbocycles. The fourth-order valence-corrected chi connectivity index (χ4v) is 2.75. The van der Waals surface area contributed by atoms with Crippen molar-refractivity contribution in [1.29, 1.82) is 0 Å². The van der Waals surface area contributed by atoms with E-state index in [1.807, 2.05) is 19.1 Å². The predicted molar refractivity (Wildman–Crippen MR) is 112 cm³/mol. The summed E-state index contributed by atoms with van der Waals surface area (Å²) in [5, 5.41) is 16.5. The molecule has 0 saturated heterocycles. The summed E-state index contributed by atoms with van der Waals surface area (Å²) in [6, 6.07) is 8.83. The largest absolute Gasteiger partial charge is 0.508 e. The molecule has 0 aliphatic heterocycles. The number of phenolic OH excluding ortho intramolecular Hbond substituents is 1. The van der Waals surface area contributed by atoms with Gasteiger partial charge < -0.3 is 34.7 Å². The molecule has 29 heavy (non-hydrogen) atoms. The molecule has 0 spiro atoms. The topological polar surface area (TPSA) is 93.6 Å². The van der Waals surface area contributed by atoms with Gasteiger partial charge >= 0.3 is 0 Å². The summed E-state index contributed by atoms with van der Waals surface area (Å²) in [6.45, 7) is 3.48. The second-order valence-electron chi connectivity index (χ2n) is 6.08. The summed E-state index contributed by atoms with van der Waals surface area (Å²) >= 11 is 0. The minimum atomic E-state index is 0.193. The lowest BCUT2D eigenvalue weighted by Gasteiger charge is -2.15. The van der Waals surface area contributed by atoms with Gasteiger partial charge in [-0.05, 0) is 42.8 Å². The van der Waals surface area contributed by atoms with Crippen molar-refractivity contribution in [3.63, 3.8) is 0 Å². The Morgan fingerprint density at radius 2 is 1.62 bits per heavy atom. The number of rotatable bonds is 9. The van der Waals surface area contributed by atoms with Crippen LogP contribution in [-0.2, 0) is 13.1 Å². The number of aliphatic imine (C=N–C) groups is 1. The van der Waals surface area contributed by atoms with Crippen LogP contribution in [0.5, 0.6) is 28.7 Å². The Labute approximate surface area is 171 Å². The van der Waals surface area contributed by atoms with Gasteiger partial charge in [0.15, 0.2) is 17.5 Å². The van der Waals surface area contributed by atoms with E-state index in [2.05, 4.69) is 15.6 Å². The number of benzene rings is 2. The standard InChI is InChI=1S/C21H29N3O5/c1-6-22-21(24-13-15-11-16(26-2)7-8-17(15)25)23-12-14-9-18(27-3)20(29-5)19(10-14)28-4/h7-11,25H,6,12-13H2,1-5H3,(H2,22,23,24). The highest BCUT2D eigenvalue weighted by Crippen LogP contribution is 2.38. The predicted octanol–water partition coefficient (Wildman–Crippen LogP) is 2.68. The number of guanidine groups is 1. The number of nitrogens with one attached hydrogen (secondary N) is 2. The van der Waals surface area contributed by atoms with Gasteiger partial charge in [0.05, 0.1) is 35.0 Å². The molecular weight excluding hydrogens is 374 g/mol. The van der Waals surface area contributed by atoms with Crippen LogP contribution in [-0.4, -0.2) is 46.1 Å². The van der Waals surface area contributed by atoms with E-state index in [-0.39, 0.29) is 5.75 Å².